The summed E-state index contributed by atoms with van der Waals surface area (Å²) in [6.45, 7) is 3.60. The van der Waals surface area contributed by atoms with Gasteiger partial charge in [0, 0.05) is 16.8 Å². The van der Waals surface area contributed by atoms with Gasteiger partial charge in [0.25, 0.3) is 0 Å². The van der Waals surface area contributed by atoms with E-state index >= 15 is 0 Å². The monoisotopic (exact) mass is 266 g/mol. The van der Waals surface area contributed by atoms with Crippen LogP contribution in [0.15, 0.2) is 22.8 Å². The average Bonchev–Trinajstić information content (AvgIpc) is 2.61. The number of hydrogen-bond donors (Lipinski definition) is 0. The minimum Gasteiger partial charge on any atom is -0.273 e. The smallest absolute Gasteiger partial charge is 0.244 e. The molecule has 3 nitrogen and oxygen atoms in total. The number of aryl methyl sites for hydroxylation is 1. The molecule has 0 aliphatic heterocycles. The highest BCUT2D eigenvalue weighted by molar-refractivity contribution is 9.10. The third-order valence-electron chi connectivity index (χ3n) is 2.46. The minimum absolute atomic E-state index is 0.0608. The maximum absolute atomic E-state index is 11.3. The van der Waals surface area contributed by atoms with Crippen molar-refractivity contribution < 1.29 is 4.79 Å². The van der Waals surface area contributed by atoms with Gasteiger partial charge >= 0.3 is 0 Å². The van der Waals surface area contributed by atoms with Crippen molar-refractivity contribution in [3.05, 3.63) is 28.4 Å². The number of carbonyl (C=O) groups excluding carboxylic acids is 1. The Labute approximate surface area is 96.2 Å². The molecule has 0 fully saturated rings. The van der Waals surface area contributed by atoms with Crippen molar-refractivity contribution in [3.63, 3.8) is 0 Å². The molecular formula is C11H11BrN2O. The Bertz CT molecular complexity index is 531. The number of fused-ring (bicyclic) bond motifs is 1. The number of halogens is 1. The fourth-order valence-corrected chi connectivity index (χ4v) is 2.37. The van der Waals surface area contributed by atoms with Crippen LogP contribution in [0, 0.1) is 0 Å². The Hall–Kier alpha value is -1.16. The van der Waals surface area contributed by atoms with Gasteiger partial charge in [-0.1, -0.05) is 22.9 Å². The number of nitrogens with zero attached hydrogens (tertiary/aromatic N) is 2. The van der Waals surface area contributed by atoms with E-state index in [4.69, 9.17) is 0 Å². The molecule has 15 heavy (non-hydrogen) atoms. The summed E-state index contributed by atoms with van der Waals surface area (Å²) in [7, 11) is 0. The normalized spacial score (nSPS) is 10.9. The van der Waals surface area contributed by atoms with Crippen molar-refractivity contribution in [2.24, 2.45) is 0 Å². The molecule has 0 aliphatic carbocycles. The van der Waals surface area contributed by atoms with Crippen LogP contribution in [0.5, 0.6) is 0 Å². The summed E-state index contributed by atoms with van der Waals surface area (Å²) in [5.41, 5.74) is 2.07. The quantitative estimate of drug-likeness (QED) is 0.796. The summed E-state index contributed by atoms with van der Waals surface area (Å²) >= 11 is 3.50. The highest BCUT2D eigenvalue weighted by Gasteiger charge is 2.10. The number of rotatable bonds is 1. The minimum atomic E-state index is -0.0608. The van der Waals surface area contributed by atoms with E-state index in [1.807, 2.05) is 12.1 Å². The third kappa shape index (κ3) is 1.59. The second-order valence-corrected chi connectivity index (χ2v) is 4.24. The molecular weight excluding hydrogens is 256 g/mol. The van der Waals surface area contributed by atoms with Crippen LogP contribution in [0.3, 0.4) is 0 Å². The molecule has 0 aliphatic rings. The Morgan fingerprint density at radius 1 is 1.53 bits per heavy atom. The second kappa shape index (κ2) is 3.77. The van der Waals surface area contributed by atoms with E-state index in [0.717, 1.165) is 21.8 Å². The molecule has 1 aromatic heterocycles. The largest absolute Gasteiger partial charge is 0.273 e. The van der Waals surface area contributed by atoms with E-state index in [-0.39, 0.29) is 5.91 Å². The first kappa shape index (κ1) is 10.4. The van der Waals surface area contributed by atoms with Crippen LogP contribution in [0.4, 0.5) is 0 Å². The Kier molecular flexibility index (Phi) is 2.61. The molecule has 0 radical (unpaired) electrons. The summed E-state index contributed by atoms with van der Waals surface area (Å²) in [5, 5.41) is 5.13. The zero-order valence-electron chi connectivity index (χ0n) is 8.62. The van der Waals surface area contributed by atoms with Crippen LogP contribution < -0.4 is 0 Å². The predicted molar refractivity (Wildman–Crippen MR) is 63.1 cm³/mol. The summed E-state index contributed by atoms with van der Waals surface area (Å²) in [5.74, 6) is -0.0608. The topological polar surface area (TPSA) is 34.9 Å². The maximum Gasteiger partial charge on any atom is 0.244 e. The van der Waals surface area contributed by atoms with E-state index in [1.165, 1.54) is 17.2 Å². The van der Waals surface area contributed by atoms with Gasteiger partial charge in [-0.15, -0.1) is 0 Å². The lowest BCUT2D eigenvalue weighted by molar-refractivity contribution is 0.0927. The Morgan fingerprint density at radius 2 is 2.27 bits per heavy atom. The number of carbonyl (C=O) groups is 1. The fraction of sp³-hybridized carbons (Fsp3) is 0.273. The van der Waals surface area contributed by atoms with Crippen molar-refractivity contribution >= 4 is 32.7 Å². The molecule has 0 N–H and O–H groups in total. The zero-order chi connectivity index (χ0) is 11.0. The lowest BCUT2D eigenvalue weighted by atomic mass is 10.1. The van der Waals surface area contributed by atoms with Crippen LogP contribution in [-0.2, 0) is 6.42 Å². The second-order valence-electron chi connectivity index (χ2n) is 3.39. The van der Waals surface area contributed by atoms with Gasteiger partial charge in [-0.3, -0.25) is 4.79 Å². The highest BCUT2D eigenvalue weighted by atomic mass is 79.9. The number of aromatic nitrogens is 2. The first-order valence-corrected chi connectivity index (χ1v) is 5.60. The summed E-state index contributed by atoms with van der Waals surface area (Å²) < 4.78 is 2.50. The summed E-state index contributed by atoms with van der Waals surface area (Å²) in [6.07, 6.45) is 2.67. The van der Waals surface area contributed by atoms with Crippen LogP contribution >= 0.6 is 15.9 Å². The molecule has 1 aromatic carbocycles. The van der Waals surface area contributed by atoms with Gasteiger partial charge in [0.1, 0.15) is 0 Å². The van der Waals surface area contributed by atoms with Crippen molar-refractivity contribution in [1.82, 2.24) is 9.78 Å². The Morgan fingerprint density at radius 3 is 2.87 bits per heavy atom. The first-order chi connectivity index (χ1) is 7.15. The zero-order valence-corrected chi connectivity index (χ0v) is 10.2. The SMILES string of the molecule is CCc1c(Br)ccc2c1cnn2C(C)=O. The summed E-state index contributed by atoms with van der Waals surface area (Å²) in [6, 6.07) is 3.87. The number of hydrogen-bond acceptors (Lipinski definition) is 2. The van der Waals surface area contributed by atoms with E-state index in [0.29, 0.717) is 0 Å². The molecule has 4 heteroatoms. The van der Waals surface area contributed by atoms with E-state index in [9.17, 15) is 4.79 Å². The molecule has 0 amide bonds. The van der Waals surface area contributed by atoms with Gasteiger partial charge in [-0.05, 0) is 24.1 Å². The van der Waals surface area contributed by atoms with E-state index in [2.05, 4.69) is 28.0 Å². The first-order valence-electron chi connectivity index (χ1n) is 4.81. The molecule has 78 valence electrons. The molecule has 0 spiro atoms. The van der Waals surface area contributed by atoms with Gasteiger partial charge in [0.05, 0.1) is 11.7 Å². The molecule has 0 bridgehead atoms. The predicted octanol–water partition coefficient (Wildman–Crippen LogP) is 3.02. The van der Waals surface area contributed by atoms with Crippen LogP contribution in [0.1, 0.15) is 24.2 Å². The van der Waals surface area contributed by atoms with Crippen LogP contribution in [-0.4, -0.2) is 15.7 Å². The molecule has 2 rings (SSSR count). The van der Waals surface area contributed by atoms with Gasteiger partial charge in [-0.2, -0.15) is 5.10 Å². The van der Waals surface area contributed by atoms with Gasteiger partial charge < -0.3 is 0 Å². The standard InChI is InChI=1S/C11H11BrN2O/c1-3-8-9-6-13-14(7(2)15)11(9)5-4-10(8)12/h4-6H,3H2,1-2H3. The maximum atomic E-state index is 11.3. The molecule has 0 saturated heterocycles. The van der Waals surface area contributed by atoms with Crippen molar-refractivity contribution in [2.75, 3.05) is 0 Å². The van der Waals surface area contributed by atoms with Crippen molar-refractivity contribution in [3.8, 4) is 0 Å². The molecule has 0 saturated carbocycles. The molecule has 1 heterocycles. The van der Waals surface area contributed by atoms with Gasteiger partial charge in [0.2, 0.25) is 5.91 Å². The van der Waals surface area contributed by atoms with Gasteiger partial charge in [-0.25, -0.2) is 4.68 Å². The fourth-order valence-electron chi connectivity index (χ4n) is 1.74. The highest BCUT2D eigenvalue weighted by Crippen LogP contribution is 2.26. The third-order valence-corrected chi connectivity index (χ3v) is 3.20. The van der Waals surface area contributed by atoms with Crippen LogP contribution in [0.25, 0.3) is 10.9 Å². The molecule has 2 aromatic rings. The van der Waals surface area contributed by atoms with E-state index < -0.39 is 0 Å². The number of benzene rings is 1. The van der Waals surface area contributed by atoms with Crippen molar-refractivity contribution in [1.29, 1.82) is 0 Å². The van der Waals surface area contributed by atoms with E-state index in [1.54, 1.807) is 6.20 Å². The van der Waals surface area contributed by atoms with Gasteiger partial charge in [0.15, 0.2) is 0 Å². The average molecular weight is 267 g/mol. The summed E-state index contributed by atoms with van der Waals surface area (Å²) in [4.78, 5) is 11.3. The van der Waals surface area contributed by atoms with Crippen LogP contribution in [0.2, 0.25) is 0 Å². The molecule has 0 unspecified atom stereocenters. The lowest BCUT2D eigenvalue weighted by Crippen LogP contribution is -2.06. The lowest BCUT2D eigenvalue weighted by Gasteiger charge is -2.03. The Balaban J connectivity index is 2.80. The molecule has 0 atom stereocenters. The van der Waals surface area contributed by atoms with Crippen molar-refractivity contribution in [2.45, 2.75) is 20.3 Å².